The molecule has 0 unspecified atom stereocenters. The molecule has 6 nitrogen and oxygen atoms in total. The van der Waals surface area contributed by atoms with Crippen molar-refractivity contribution in [3.05, 3.63) is 53.1 Å². The van der Waals surface area contributed by atoms with Gasteiger partial charge in [-0.25, -0.2) is 0 Å². The Morgan fingerprint density at radius 2 is 2.21 bits per heavy atom. The molecule has 7 heteroatoms. The van der Waals surface area contributed by atoms with Gasteiger partial charge in [-0.3, -0.25) is 9.78 Å². The number of halogens is 1. The zero-order chi connectivity index (χ0) is 16.7. The number of anilines is 1. The van der Waals surface area contributed by atoms with E-state index in [9.17, 15) is 4.79 Å². The largest absolute Gasteiger partial charge is 0.361 e. The second-order valence-electron chi connectivity index (χ2n) is 5.58. The van der Waals surface area contributed by atoms with E-state index in [0.29, 0.717) is 16.5 Å². The monoisotopic (exact) mass is 340 g/mol. The van der Waals surface area contributed by atoms with Crippen LogP contribution in [-0.2, 0) is 11.2 Å². The average molecular weight is 341 g/mol. The maximum absolute atomic E-state index is 12.3. The smallest absolute Gasteiger partial charge is 0.232 e. The highest BCUT2D eigenvalue weighted by atomic mass is 35.5. The molecule has 0 aliphatic carbocycles. The Labute approximate surface area is 141 Å². The number of nitrogens with one attached hydrogen (secondary N) is 2. The molecule has 0 spiro atoms. The predicted octanol–water partition coefficient (Wildman–Crippen LogP) is 3.85. The first kappa shape index (κ1) is 14.7. The van der Waals surface area contributed by atoms with Gasteiger partial charge in [0.05, 0.1) is 35.0 Å². The summed E-state index contributed by atoms with van der Waals surface area (Å²) in [4.78, 5) is 19.7. The van der Waals surface area contributed by atoms with Gasteiger partial charge in [0.1, 0.15) is 5.76 Å². The van der Waals surface area contributed by atoms with E-state index in [1.54, 1.807) is 24.5 Å². The number of aromatic amines is 1. The molecular formula is C17H13ClN4O2. The van der Waals surface area contributed by atoms with Crippen molar-refractivity contribution in [1.29, 1.82) is 0 Å². The van der Waals surface area contributed by atoms with Gasteiger partial charge in [0.25, 0.3) is 0 Å². The lowest BCUT2D eigenvalue weighted by Crippen LogP contribution is -2.14. The second-order valence-corrected chi connectivity index (χ2v) is 6.02. The van der Waals surface area contributed by atoms with E-state index in [2.05, 4.69) is 20.4 Å². The molecule has 4 rings (SSSR count). The molecule has 0 aliphatic rings. The zero-order valence-electron chi connectivity index (χ0n) is 12.8. The molecule has 0 bridgehead atoms. The van der Waals surface area contributed by atoms with E-state index in [1.165, 1.54) is 0 Å². The summed E-state index contributed by atoms with van der Waals surface area (Å²) in [6.07, 6.45) is 3.57. The van der Waals surface area contributed by atoms with Gasteiger partial charge in [0.15, 0.2) is 0 Å². The molecule has 3 aromatic heterocycles. The Bertz CT molecular complexity index is 1070. The molecule has 0 fully saturated rings. The van der Waals surface area contributed by atoms with Crippen molar-refractivity contribution in [2.75, 3.05) is 5.32 Å². The topological polar surface area (TPSA) is 83.8 Å². The van der Waals surface area contributed by atoms with Crippen molar-refractivity contribution in [2.45, 2.75) is 13.3 Å². The number of carbonyl (C=O) groups is 1. The maximum atomic E-state index is 12.3. The number of hydrogen-bond acceptors (Lipinski definition) is 4. The highest BCUT2D eigenvalue weighted by Gasteiger charge is 2.14. The molecule has 0 atom stereocenters. The van der Waals surface area contributed by atoms with Crippen LogP contribution in [0.5, 0.6) is 0 Å². The third-order valence-electron chi connectivity index (χ3n) is 3.76. The summed E-state index contributed by atoms with van der Waals surface area (Å²) in [6.45, 7) is 1.81. The number of fused-ring (bicyclic) bond motifs is 3. The first-order chi connectivity index (χ1) is 11.6. The van der Waals surface area contributed by atoms with Crippen LogP contribution >= 0.6 is 11.6 Å². The minimum absolute atomic E-state index is 0.108. The number of carbonyl (C=O) groups excluding carboxylic acids is 1. The normalized spacial score (nSPS) is 11.2. The minimum atomic E-state index is -0.202. The third-order valence-corrected chi connectivity index (χ3v) is 3.98. The fourth-order valence-electron chi connectivity index (χ4n) is 2.77. The van der Waals surface area contributed by atoms with Crippen molar-refractivity contribution >= 4 is 45.0 Å². The highest BCUT2D eigenvalue weighted by molar-refractivity contribution is 6.32. The van der Waals surface area contributed by atoms with E-state index >= 15 is 0 Å². The van der Waals surface area contributed by atoms with Crippen LogP contribution in [0.25, 0.3) is 21.8 Å². The predicted molar refractivity (Wildman–Crippen MR) is 92.2 cm³/mol. The van der Waals surface area contributed by atoms with Crippen molar-refractivity contribution in [3.63, 3.8) is 0 Å². The Kier molecular flexibility index (Phi) is 3.46. The van der Waals surface area contributed by atoms with E-state index in [0.717, 1.165) is 27.5 Å². The van der Waals surface area contributed by atoms with Gasteiger partial charge < -0.3 is 14.8 Å². The van der Waals surface area contributed by atoms with Crippen molar-refractivity contribution in [1.82, 2.24) is 15.1 Å². The van der Waals surface area contributed by atoms with Crippen LogP contribution in [0, 0.1) is 6.92 Å². The number of benzene rings is 1. The molecule has 0 aliphatic heterocycles. The SMILES string of the molecule is Cc1cc(CC(=O)Nc2cc(Cl)cc3c2[nH]c2cnccc23)on1. The first-order valence-electron chi connectivity index (χ1n) is 7.37. The van der Waals surface area contributed by atoms with Gasteiger partial charge in [-0.2, -0.15) is 0 Å². The summed E-state index contributed by atoms with van der Waals surface area (Å²) in [7, 11) is 0. The van der Waals surface area contributed by atoms with Crippen LogP contribution in [0.4, 0.5) is 5.69 Å². The number of H-pyrrole nitrogens is 1. The lowest BCUT2D eigenvalue weighted by Gasteiger charge is -2.06. The second kappa shape index (κ2) is 5.65. The molecular weight excluding hydrogens is 328 g/mol. The maximum Gasteiger partial charge on any atom is 0.232 e. The van der Waals surface area contributed by atoms with E-state index < -0.39 is 0 Å². The number of hydrogen-bond donors (Lipinski definition) is 2. The van der Waals surface area contributed by atoms with Crippen LogP contribution in [0.15, 0.2) is 41.2 Å². The van der Waals surface area contributed by atoms with Crippen molar-refractivity contribution in [2.24, 2.45) is 0 Å². The molecule has 1 aromatic carbocycles. The Morgan fingerprint density at radius 1 is 1.33 bits per heavy atom. The number of rotatable bonds is 3. The Morgan fingerprint density at radius 3 is 3.00 bits per heavy atom. The summed E-state index contributed by atoms with van der Waals surface area (Å²) < 4.78 is 5.08. The Hall–Kier alpha value is -2.86. The van der Waals surface area contributed by atoms with Gasteiger partial charge >= 0.3 is 0 Å². The molecule has 4 aromatic rings. The van der Waals surface area contributed by atoms with E-state index in [-0.39, 0.29) is 12.3 Å². The fourth-order valence-corrected chi connectivity index (χ4v) is 2.99. The van der Waals surface area contributed by atoms with Crippen molar-refractivity contribution < 1.29 is 9.32 Å². The van der Waals surface area contributed by atoms with Gasteiger partial charge in [0.2, 0.25) is 5.91 Å². The van der Waals surface area contributed by atoms with Crippen molar-refractivity contribution in [3.8, 4) is 0 Å². The molecule has 0 saturated carbocycles. The van der Waals surface area contributed by atoms with Crippen LogP contribution in [0.1, 0.15) is 11.5 Å². The first-order valence-corrected chi connectivity index (χ1v) is 7.75. The number of aryl methyl sites for hydroxylation is 1. The van der Waals surface area contributed by atoms with Gasteiger partial charge in [-0.05, 0) is 25.1 Å². The summed E-state index contributed by atoms with van der Waals surface area (Å²) >= 11 is 6.22. The third kappa shape index (κ3) is 2.61. The quantitative estimate of drug-likeness (QED) is 0.593. The average Bonchev–Trinajstić information content (AvgIpc) is 3.11. The highest BCUT2D eigenvalue weighted by Crippen LogP contribution is 2.33. The number of aromatic nitrogens is 3. The van der Waals surface area contributed by atoms with Gasteiger partial charge in [0, 0.05) is 28.1 Å². The molecule has 3 heterocycles. The standard InChI is InChI=1S/C17H13ClN4O2/c1-9-4-11(24-22-9)7-16(23)20-14-6-10(18)5-13-12-2-3-19-8-15(12)21-17(13)14/h2-6,8,21H,7H2,1H3,(H,20,23). The van der Waals surface area contributed by atoms with E-state index in [1.807, 2.05) is 19.1 Å². The lowest BCUT2D eigenvalue weighted by atomic mass is 10.1. The molecule has 120 valence electrons. The summed E-state index contributed by atoms with van der Waals surface area (Å²) in [5, 5.41) is 9.15. The Balaban J connectivity index is 1.71. The fraction of sp³-hybridized carbons (Fsp3) is 0.118. The summed E-state index contributed by atoms with van der Waals surface area (Å²) in [6, 6.07) is 7.23. The molecule has 0 saturated heterocycles. The number of pyridine rings is 1. The van der Waals surface area contributed by atoms with Crippen LogP contribution in [0.2, 0.25) is 5.02 Å². The van der Waals surface area contributed by atoms with Gasteiger partial charge in [-0.1, -0.05) is 16.8 Å². The van der Waals surface area contributed by atoms with Crippen LogP contribution in [-0.4, -0.2) is 21.0 Å². The van der Waals surface area contributed by atoms with Crippen LogP contribution < -0.4 is 5.32 Å². The molecule has 2 N–H and O–H groups in total. The zero-order valence-corrected chi connectivity index (χ0v) is 13.5. The van der Waals surface area contributed by atoms with Crippen LogP contribution in [0.3, 0.4) is 0 Å². The van der Waals surface area contributed by atoms with E-state index in [4.69, 9.17) is 16.1 Å². The summed E-state index contributed by atoms with van der Waals surface area (Å²) in [5.74, 6) is 0.315. The minimum Gasteiger partial charge on any atom is -0.361 e. The number of nitrogens with zero attached hydrogens (tertiary/aromatic N) is 2. The van der Waals surface area contributed by atoms with Gasteiger partial charge in [-0.15, -0.1) is 0 Å². The molecule has 24 heavy (non-hydrogen) atoms. The lowest BCUT2D eigenvalue weighted by molar-refractivity contribution is -0.115. The number of amides is 1. The molecule has 0 radical (unpaired) electrons. The summed E-state index contributed by atoms with van der Waals surface area (Å²) in [5.41, 5.74) is 3.06. The molecule has 1 amide bonds.